The third-order valence-corrected chi connectivity index (χ3v) is 4.66. The number of hydrogen-bond donors (Lipinski definition) is 1. The number of hydrogen-bond acceptors (Lipinski definition) is 2. The fraction of sp³-hybridized carbons (Fsp3) is 0.615. The molecule has 2 atom stereocenters. The van der Waals surface area contributed by atoms with Gasteiger partial charge in [0.05, 0.1) is 15.7 Å². The van der Waals surface area contributed by atoms with Crippen molar-refractivity contribution in [1.82, 2.24) is 4.98 Å². The maximum absolute atomic E-state index is 6.21. The average molecular weight is 318 g/mol. The number of alkyl halides is 1. The first-order chi connectivity index (χ1) is 8.15. The summed E-state index contributed by atoms with van der Waals surface area (Å²) in [4.78, 5) is 4.08. The van der Waals surface area contributed by atoms with Crippen molar-refractivity contribution >= 4 is 33.2 Å². The van der Waals surface area contributed by atoms with Gasteiger partial charge in [-0.1, -0.05) is 19.8 Å². The van der Waals surface area contributed by atoms with Crippen molar-refractivity contribution in [1.29, 1.82) is 0 Å². The van der Waals surface area contributed by atoms with Crippen LogP contribution in [0.4, 0.5) is 5.69 Å². The van der Waals surface area contributed by atoms with Gasteiger partial charge < -0.3 is 5.32 Å². The van der Waals surface area contributed by atoms with Crippen LogP contribution in [0.25, 0.3) is 0 Å². The molecule has 4 heteroatoms. The molecule has 2 nitrogen and oxygen atoms in total. The number of anilines is 1. The molecule has 1 aliphatic carbocycles. The molecule has 94 valence electrons. The summed E-state index contributed by atoms with van der Waals surface area (Å²) < 4.78 is 1.00. The highest BCUT2D eigenvalue weighted by Gasteiger charge is 2.34. The Morgan fingerprint density at radius 3 is 3.12 bits per heavy atom. The fourth-order valence-electron chi connectivity index (χ4n) is 2.69. The van der Waals surface area contributed by atoms with E-state index in [0.29, 0.717) is 5.88 Å². The van der Waals surface area contributed by atoms with E-state index in [1.165, 1.54) is 12.8 Å². The molecule has 1 aromatic rings. The van der Waals surface area contributed by atoms with Crippen molar-refractivity contribution in [2.24, 2.45) is 5.92 Å². The molecule has 0 spiro atoms. The zero-order chi connectivity index (χ0) is 12.3. The lowest BCUT2D eigenvalue weighted by molar-refractivity contribution is 0.279. The topological polar surface area (TPSA) is 24.9 Å². The first kappa shape index (κ1) is 13.2. The van der Waals surface area contributed by atoms with E-state index in [0.717, 1.165) is 28.9 Å². The van der Waals surface area contributed by atoms with E-state index in [-0.39, 0.29) is 5.54 Å². The zero-order valence-electron chi connectivity index (χ0n) is 10.0. The second kappa shape index (κ2) is 5.57. The van der Waals surface area contributed by atoms with Gasteiger partial charge >= 0.3 is 0 Å². The lowest BCUT2D eigenvalue weighted by Crippen LogP contribution is -2.44. The van der Waals surface area contributed by atoms with Crippen LogP contribution in [0.3, 0.4) is 0 Å². The second-order valence-corrected chi connectivity index (χ2v) is 6.22. The maximum Gasteiger partial charge on any atom is 0.0590 e. The molecule has 1 aliphatic rings. The summed E-state index contributed by atoms with van der Waals surface area (Å²) in [5, 5.41) is 3.62. The van der Waals surface area contributed by atoms with Crippen LogP contribution < -0.4 is 5.32 Å². The van der Waals surface area contributed by atoms with Crippen LogP contribution in [0, 0.1) is 5.92 Å². The Morgan fingerprint density at radius 2 is 2.47 bits per heavy atom. The molecule has 0 saturated heterocycles. The minimum absolute atomic E-state index is 0.0447. The predicted molar refractivity (Wildman–Crippen MR) is 76.6 cm³/mol. The van der Waals surface area contributed by atoms with E-state index in [2.05, 4.69) is 33.2 Å². The largest absolute Gasteiger partial charge is 0.377 e. The third kappa shape index (κ3) is 3.14. The molecule has 2 unspecified atom stereocenters. The van der Waals surface area contributed by atoms with Crippen molar-refractivity contribution in [3.63, 3.8) is 0 Å². The Bertz CT molecular complexity index is 385. The summed E-state index contributed by atoms with van der Waals surface area (Å²) in [6, 6.07) is 2.00. The third-order valence-electron chi connectivity index (χ3n) is 3.52. The number of nitrogens with one attached hydrogen (secondary N) is 1. The SMILES string of the molecule is CC1CCCC(CCl)(Nc2ccncc2Br)C1. The lowest BCUT2D eigenvalue weighted by atomic mass is 9.77. The predicted octanol–water partition coefficient (Wildman–Crippen LogP) is 4.44. The van der Waals surface area contributed by atoms with Crippen LogP contribution in [-0.4, -0.2) is 16.4 Å². The van der Waals surface area contributed by atoms with E-state index in [1.54, 1.807) is 6.20 Å². The first-order valence-corrected chi connectivity index (χ1v) is 7.42. The van der Waals surface area contributed by atoms with Gasteiger partial charge in [-0.05, 0) is 40.8 Å². The van der Waals surface area contributed by atoms with E-state index in [9.17, 15) is 0 Å². The minimum Gasteiger partial charge on any atom is -0.377 e. The molecule has 1 fully saturated rings. The molecule has 0 aromatic carbocycles. The smallest absolute Gasteiger partial charge is 0.0590 e. The summed E-state index contributed by atoms with van der Waals surface area (Å²) in [6.45, 7) is 2.31. The van der Waals surface area contributed by atoms with Crippen LogP contribution in [0.5, 0.6) is 0 Å². The summed E-state index contributed by atoms with van der Waals surface area (Å²) in [7, 11) is 0. The molecule has 0 bridgehead atoms. The van der Waals surface area contributed by atoms with Crippen molar-refractivity contribution in [2.45, 2.75) is 38.1 Å². The van der Waals surface area contributed by atoms with Crippen LogP contribution in [-0.2, 0) is 0 Å². The maximum atomic E-state index is 6.21. The van der Waals surface area contributed by atoms with Crippen LogP contribution >= 0.6 is 27.5 Å². The van der Waals surface area contributed by atoms with Crippen LogP contribution in [0.1, 0.15) is 32.6 Å². The number of halogens is 2. The van der Waals surface area contributed by atoms with E-state index >= 15 is 0 Å². The molecule has 17 heavy (non-hydrogen) atoms. The highest BCUT2D eigenvalue weighted by molar-refractivity contribution is 9.10. The molecule has 1 heterocycles. The highest BCUT2D eigenvalue weighted by atomic mass is 79.9. The Morgan fingerprint density at radius 1 is 1.65 bits per heavy atom. The number of aromatic nitrogens is 1. The second-order valence-electron chi connectivity index (χ2n) is 5.10. The van der Waals surface area contributed by atoms with Crippen LogP contribution in [0.2, 0.25) is 0 Å². The van der Waals surface area contributed by atoms with Crippen molar-refractivity contribution in [3.8, 4) is 0 Å². The van der Waals surface area contributed by atoms with Gasteiger partial charge in [0.15, 0.2) is 0 Å². The van der Waals surface area contributed by atoms with Crippen molar-refractivity contribution < 1.29 is 0 Å². The molecule has 0 amide bonds. The molecule has 2 rings (SSSR count). The van der Waals surface area contributed by atoms with Gasteiger partial charge in [-0.2, -0.15) is 0 Å². The van der Waals surface area contributed by atoms with Gasteiger partial charge in [-0.15, -0.1) is 11.6 Å². The molecule has 1 saturated carbocycles. The van der Waals surface area contributed by atoms with Crippen LogP contribution in [0.15, 0.2) is 22.9 Å². The van der Waals surface area contributed by atoms with Crippen molar-refractivity contribution in [2.75, 3.05) is 11.2 Å². The Balaban J connectivity index is 2.17. The Labute approximate surface area is 116 Å². The quantitative estimate of drug-likeness (QED) is 0.833. The van der Waals surface area contributed by atoms with E-state index in [4.69, 9.17) is 11.6 Å². The minimum atomic E-state index is 0.0447. The lowest BCUT2D eigenvalue weighted by Gasteiger charge is -2.40. The Kier molecular flexibility index (Phi) is 4.31. The summed E-state index contributed by atoms with van der Waals surface area (Å²) in [6.07, 6.45) is 8.49. The molecular formula is C13H18BrClN2. The van der Waals surface area contributed by atoms with Crippen molar-refractivity contribution in [3.05, 3.63) is 22.9 Å². The molecule has 0 aliphatic heterocycles. The van der Waals surface area contributed by atoms with Gasteiger partial charge in [-0.25, -0.2) is 0 Å². The average Bonchev–Trinajstić information content (AvgIpc) is 2.32. The normalized spacial score (nSPS) is 29.0. The monoisotopic (exact) mass is 316 g/mol. The summed E-state index contributed by atoms with van der Waals surface area (Å²) in [5.74, 6) is 1.40. The zero-order valence-corrected chi connectivity index (χ0v) is 12.4. The van der Waals surface area contributed by atoms with Gasteiger partial charge in [0.25, 0.3) is 0 Å². The molecule has 0 radical (unpaired) electrons. The van der Waals surface area contributed by atoms with Gasteiger partial charge in [0.1, 0.15) is 0 Å². The number of nitrogens with zero attached hydrogens (tertiary/aromatic N) is 1. The van der Waals surface area contributed by atoms with Gasteiger partial charge in [0.2, 0.25) is 0 Å². The highest BCUT2D eigenvalue weighted by Crippen LogP contribution is 2.37. The molecular weight excluding hydrogens is 300 g/mol. The van der Waals surface area contributed by atoms with Gasteiger partial charge in [0, 0.05) is 18.3 Å². The standard InChI is InChI=1S/C13H18BrClN2/c1-10-3-2-5-13(7-10,9-15)17-12-4-6-16-8-11(12)14/h4,6,8,10H,2-3,5,7,9H2,1H3,(H,16,17). The molecule has 1 N–H and O–H groups in total. The summed E-state index contributed by atoms with van der Waals surface area (Å²) >= 11 is 9.73. The van der Waals surface area contributed by atoms with E-state index in [1.807, 2.05) is 12.3 Å². The fourth-order valence-corrected chi connectivity index (χ4v) is 3.35. The Hall–Kier alpha value is -0.280. The van der Waals surface area contributed by atoms with E-state index < -0.39 is 0 Å². The molecule has 1 aromatic heterocycles. The summed E-state index contributed by atoms with van der Waals surface area (Å²) in [5.41, 5.74) is 1.14. The number of rotatable bonds is 3. The first-order valence-electron chi connectivity index (χ1n) is 6.09. The number of pyridine rings is 1. The van der Waals surface area contributed by atoms with Gasteiger partial charge in [-0.3, -0.25) is 4.98 Å².